The first-order chi connectivity index (χ1) is 25.5. The van der Waals surface area contributed by atoms with Gasteiger partial charge in [-0.1, -0.05) is 54.6 Å². The largest absolute Gasteiger partial charge is 0.586 e. The number of aliphatic hydroxyl groups excluding tert-OH is 2. The predicted molar refractivity (Wildman–Crippen MR) is 184 cm³/mol. The fourth-order valence-corrected chi connectivity index (χ4v) is 8.44. The third kappa shape index (κ3) is 5.56. The van der Waals surface area contributed by atoms with Crippen LogP contribution in [-0.4, -0.2) is 53.7 Å². The zero-order chi connectivity index (χ0) is 36.7. The summed E-state index contributed by atoms with van der Waals surface area (Å²) in [6, 6.07) is 23.4. The van der Waals surface area contributed by atoms with Gasteiger partial charge < -0.3 is 39.8 Å². The van der Waals surface area contributed by atoms with Crippen molar-refractivity contribution in [1.29, 1.82) is 0 Å². The van der Waals surface area contributed by atoms with E-state index in [0.29, 0.717) is 47.5 Å². The number of halogens is 2. The Bertz CT molecular complexity index is 2140. The van der Waals surface area contributed by atoms with Crippen molar-refractivity contribution >= 4 is 11.8 Å². The summed E-state index contributed by atoms with van der Waals surface area (Å²) in [5.41, 5.74) is 2.07. The molecule has 13 heteroatoms. The standard InChI is InChI=1S/C40H37F2N3O8/c1-50-24-11-12-26-28(43-37(49)38(14-15-38)23-10-13-30-32(18-23)53-40(41,42)52-30)20-33(51-31(26)19-24)36(48)45-39(27-9-5-3-7-22(27)17-34(39)47)44-35-25-8-4-2-6-21(25)16-29(35)46/h2-13,18-19,28-29,33-35,44,46-47H,14-17,20H2,1H3,(H,43,49)(H,45,48). The lowest BCUT2D eigenvalue weighted by molar-refractivity contribution is -0.286. The van der Waals surface area contributed by atoms with Crippen LogP contribution in [0, 0.1) is 0 Å². The minimum atomic E-state index is -3.78. The highest BCUT2D eigenvalue weighted by Gasteiger charge is 2.55. The van der Waals surface area contributed by atoms with E-state index in [1.54, 1.807) is 24.3 Å². The van der Waals surface area contributed by atoms with E-state index in [-0.39, 0.29) is 30.2 Å². The molecule has 53 heavy (non-hydrogen) atoms. The van der Waals surface area contributed by atoms with Crippen LogP contribution in [0.2, 0.25) is 0 Å². The molecule has 5 N–H and O–H groups in total. The molecule has 2 aliphatic heterocycles. The maximum absolute atomic E-state index is 14.5. The van der Waals surface area contributed by atoms with Gasteiger partial charge in [0.1, 0.15) is 17.2 Å². The van der Waals surface area contributed by atoms with Crippen LogP contribution in [0.15, 0.2) is 84.9 Å². The summed E-state index contributed by atoms with van der Waals surface area (Å²) in [5.74, 6) is -0.296. The first kappa shape index (κ1) is 33.6. The highest BCUT2D eigenvalue weighted by molar-refractivity contribution is 5.92. The average molecular weight is 726 g/mol. The molecule has 274 valence electrons. The molecule has 2 heterocycles. The Hall–Kier alpha value is -5.24. The van der Waals surface area contributed by atoms with Gasteiger partial charge in [0.15, 0.2) is 17.6 Å². The molecular formula is C40H37F2N3O8. The van der Waals surface area contributed by atoms with Crippen molar-refractivity contribution in [2.75, 3.05) is 7.11 Å². The molecule has 4 aromatic carbocycles. The Balaban J connectivity index is 1.02. The second kappa shape index (κ2) is 12.2. The molecule has 3 aliphatic carbocycles. The molecule has 0 bridgehead atoms. The zero-order valence-electron chi connectivity index (χ0n) is 28.6. The van der Waals surface area contributed by atoms with Crippen LogP contribution in [0.1, 0.15) is 64.7 Å². The van der Waals surface area contributed by atoms with E-state index >= 15 is 0 Å². The normalized spacial score (nSPS) is 27.8. The number of methoxy groups -OCH3 is 1. The van der Waals surface area contributed by atoms with Crippen LogP contribution in [0.25, 0.3) is 0 Å². The van der Waals surface area contributed by atoms with Crippen molar-refractivity contribution in [2.45, 2.75) is 79.9 Å². The Kier molecular flexibility index (Phi) is 7.70. The molecule has 11 nitrogen and oxygen atoms in total. The van der Waals surface area contributed by atoms with E-state index in [1.807, 2.05) is 48.5 Å². The molecule has 6 unspecified atom stereocenters. The summed E-state index contributed by atoms with van der Waals surface area (Å²) in [7, 11) is 1.51. The lowest BCUT2D eigenvalue weighted by atomic mass is 9.91. The van der Waals surface area contributed by atoms with Crippen LogP contribution < -0.4 is 34.9 Å². The quantitative estimate of drug-likeness (QED) is 0.169. The molecular weight excluding hydrogens is 688 g/mol. The number of alkyl halides is 2. The molecule has 0 saturated heterocycles. The smallest absolute Gasteiger partial charge is 0.497 e. The van der Waals surface area contributed by atoms with E-state index in [4.69, 9.17) is 9.47 Å². The molecule has 6 atom stereocenters. The van der Waals surface area contributed by atoms with Gasteiger partial charge in [0.25, 0.3) is 5.91 Å². The Morgan fingerprint density at radius 3 is 2.40 bits per heavy atom. The number of hydrogen-bond acceptors (Lipinski definition) is 9. The van der Waals surface area contributed by atoms with Gasteiger partial charge in [-0.15, -0.1) is 8.78 Å². The molecule has 2 amide bonds. The van der Waals surface area contributed by atoms with E-state index in [1.165, 1.54) is 19.2 Å². The number of rotatable bonds is 8. The topological polar surface area (TPSA) is 148 Å². The molecule has 0 aromatic heterocycles. The van der Waals surface area contributed by atoms with Crippen LogP contribution in [0.4, 0.5) is 8.78 Å². The zero-order valence-corrected chi connectivity index (χ0v) is 28.6. The van der Waals surface area contributed by atoms with Crippen molar-refractivity contribution < 1.29 is 47.5 Å². The van der Waals surface area contributed by atoms with E-state index < -0.39 is 53.7 Å². The monoisotopic (exact) mass is 725 g/mol. The van der Waals surface area contributed by atoms with Crippen molar-refractivity contribution in [3.8, 4) is 23.0 Å². The molecule has 0 radical (unpaired) electrons. The summed E-state index contributed by atoms with van der Waals surface area (Å²) in [6.07, 6.45) is -5.11. The predicted octanol–water partition coefficient (Wildman–Crippen LogP) is 4.19. The second-order valence-corrected chi connectivity index (χ2v) is 14.4. The third-order valence-electron chi connectivity index (χ3n) is 11.3. The molecule has 5 aliphatic rings. The lowest BCUT2D eigenvalue weighted by Crippen LogP contribution is -2.64. The Morgan fingerprint density at radius 1 is 0.849 bits per heavy atom. The van der Waals surface area contributed by atoms with E-state index in [2.05, 4.69) is 25.4 Å². The Morgan fingerprint density at radius 2 is 1.60 bits per heavy atom. The lowest BCUT2D eigenvalue weighted by Gasteiger charge is -2.41. The second-order valence-electron chi connectivity index (χ2n) is 14.4. The number of ether oxygens (including phenoxy) is 4. The molecule has 1 fully saturated rings. The molecule has 9 rings (SSSR count). The maximum Gasteiger partial charge on any atom is 0.586 e. The maximum atomic E-state index is 14.5. The summed E-state index contributed by atoms with van der Waals surface area (Å²) in [6.45, 7) is 0. The third-order valence-corrected chi connectivity index (χ3v) is 11.3. The summed E-state index contributed by atoms with van der Waals surface area (Å²) in [5, 5.41) is 32.7. The first-order valence-electron chi connectivity index (χ1n) is 17.7. The summed E-state index contributed by atoms with van der Waals surface area (Å²) < 4.78 is 48.5. The van der Waals surface area contributed by atoms with Crippen LogP contribution in [0.3, 0.4) is 0 Å². The number of carbonyl (C=O) groups is 2. The highest BCUT2D eigenvalue weighted by Crippen LogP contribution is 2.53. The van der Waals surface area contributed by atoms with Crippen LogP contribution in [0.5, 0.6) is 23.0 Å². The van der Waals surface area contributed by atoms with Gasteiger partial charge in [0.2, 0.25) is 5.91 Å². The fraction of sp³-hybridized carbons (Fsp3) is 0.350. The van der Waals surface area contributed by atoms with Gasteiger partial charge in [-0.25, -0.2) is 0 Å². The van der Waals surface area contributed by atoms with Gasteiger partial charge in [-0.3, -0.25) is 14.9 Å². The minimum Gasteiger partial charge on any atom is -0.497 e. The van der Waals surface area contributed by atoms with Gasteiger partial charge >= 0.3 is 6.29 Å². The van der Waals surface area contributed by atoms with Crippen molar-refractivity contribution in [3.63, 3.8) is 0 Å². The van der Waals surface area contributed by atoms with E-state index in [0.717, 1.165) is 16.7 Å². The number of benzene rings is 4. The van der Waals surface area contributed by atoms with Crippen molar-refractivity contribution in [1.82, 2.24) is 16.0 Å². The number of hydrogen-bond donors (Lipinski definition) is 5. The van der Waals surface area contributed by atoms with E-state index in [9.17, 15) is 28.6 Å². The number of amides is 2. The molecule has 0 spiro atoms. The minimum absolute atomic E-state index is 0.0447. The van der Waals surface area contributed by atoms with Gasteiger partial charge in [0, 0.05) is 30.9 Å². The molecule has 4 aromatic rings. The van der Waals surface area contributed by atoms with Gasteiger partial charge in [0.05, 0.1) is 36.8 Å². The molecule has 1 saturated carbocycles. The first-order valence-corrected chi connectivity index (χ1v) is 17.7. The van der Waals surface area contributed by atoms with Gasteiger partial charge in [-0.05, 0) is 64.9 Å². The van der Waals surface area contributed by atoms with Crippen LogP contribution >= 0.6 is 0 Å². The SMILES string of the molecule is COc1ccc2c(c1)OC(C(=O)NC1(NC3c4ccccc4CC3O)c3ccccc3CC1O)CC2NC(=O)C1(c2ccc3c(c2)OC(F)(F)O3)CC1. The number of nitrogens with one attached hydrogen (secondary N) is 3. The van der Waals surface area contributed by atoms with Crippen LogP contribution in [-0.2, 0) is 33.5 Å². The van der Waals surface area contributed by atoms with Crippen molar-refractivity contribution in [3.05, 3.63) is 118 Å². The highest BCUT2D eigenvalue weighted by atomic mass is 19.3. The number of fused-ring (bicyclic) bond motifs is 4. The van der Waals surface area contributed by atoms with Gasteiger partial charge in [-0.2, -0.15) is 0 Å². The summed E-state index contributed by atoms with van der Waals surface area (Å²) >= 11 is 0. The number of aliphatic hydroxyl groups is 2. The average Bonchev–Trinajstić information content (AvgIpc) is 3.73. The fourth-order valence-electron chi connectivity index (χ4n) is 8.44. The Labute approximate surface area is 303 Å². The summed E-state index contributed by atoms with van der Waals surface area (Å²) in [4.78, 5) is 28.6. The van der Waals surface area contributed by atoms with Crippen molar-refractivity contribution in [2.24, 2.45) is 0 Å². The number of carbonyl (C=O) groups excluding carboxylic acids is 2.